The van der Waals surface area contributed by atoms with Gasteiger partial charge in [0.25, 0.3) is 0 Å². The minimum Gasteiger partial charge on any atom is -0.350 e. The average Bonchev–Trinajstić information content (AvgIpc) is 2.95. The molecule has 2 rings (SSSR count). The molecule has 21 heavy (non-hydrogen) atoms. The van der Waals surface area contributed by atoms with Crippen molar-refractivity contribution in [1.82, 2.24) is 10.2 Å². The lowest BCUT2D eigenvalue weighted by molar-refractivity contribution is -0.139. The average molecular weight is 288 g/mol. The number of hydrogen-bond donors (Lipinski definition) is 1. The molecule has 1 heterocycles. The topological polar surface area (TPSA) is 49.4 Å². The second kappa shape index (κ2) is 7.25. The first kappa shape index (κ1) is 15.5. The fourth-order valence-corrected chi connectivity index (χ4v) is 2.71. The van der Waals surface area contributed by atoms with Crippen LogP contribution in [0.25, 0.3) is 0 Å². The van der Waals surface area contributed by atoms with Crippen molar-refractivity contribution in [2.75, 3.05) is 6.54 Å². The lowest BCUT2D eigenvalue weighted by Gasteiger charge is -2.24. The molecular weight excluding hydrogens is 264 g/mol. The molecule has 0 saturated carbocycles. The normalized spacial score (nSPS) is 18.0. The highest BCUT2D eigenvalue weighted by molar-refractivity contribution is 5.88. The molecule has 4 heteroatoms. The molecule has 0 aliphatic carbocycles. The first-order chi connectivity index (χ1) is 10.1. The maximum absolute atomic E-state index is 12.3. The van der Waals surface area contributed by atoms with Crippen LogP contribution in [0.5, 0.6) is 0 Å². The van der Waals surface area contributed by atoms with Crippen LogP contribution < -0.4 is 5.32 Å². The number of hydrogen-bond acceptors (Lipinski definition) is 2. The summed E-state index contributed by atoms with van der Waals surface area (Å²) in [7, 11) is 0. The number of nitrogens with zero attached hydrogens (tertiary/aromatic N) is 1. The van der Waals surface area contributed by atoms with E-state index in [1.165, 1.54) is 0 Å². The third-order valence-corrected chi connectivity index (χ3v) is 3.77. The number of carbonyl (C=O) groups is 2. The number of nitrogens with one attached hydrogen (secondary N) is 1. The Morgan fingerprint density at radius 3 is 2.67 bits per heavy atom. The third kappa shape index (κ3) is 4.31. The van der Waals surface area contributed by atoms with E-state index in [-0.39, 0.29) is 17.9 Å². The lowest BCUT2D eigenvalue weighted by atomic mass is 10.1. The Morgan fingerprint density at radius 2 is 2.00 bits per heavy atom. The molecular formula is C17H24N2O2. The van der Waals surface area contributed by atoms with Gasteiger partial charge < -0.3 is 10.2 Å². The maximum Gasteiger partial charge on any atom is 0.243 e. The SMILES string of the molecule is CC(C)CC(=O)N1CCC[C@H]1C(=O)NCc1ccccc1. The Balaban J connectivity index is 1.90. The molecule has 0 bridgehead atoms. The van der Waals surface area contributed by atoms with Crippen molar-refractivity contribution < 1.29 is 9.59 Å². The summed E-state index contributed by atoms with van der Waals surface area (Å²) < 4.78 is 0. The molecule has 2 amide bonds. The zero-order valence-corrected chi connectivity index (χ0v) is 12.8. The van der Waals surface area contributed by atoms with Gasteiger partial charge in [-0.2, -0.15) is 0 Å². The minimum atomic E-state index is -0.292. The molecule has 114 valence electrons. The highest BCUT2D eigenvalue weighted by atomic mass is 16.2. The summed E-state index contributed by atoms with van der Waals surface area (Å²) in [5, 5.41) is 2.95. The van der Waals surface area contributed by atoms with Gasteiger partial charge in [0, 0.05) is 19.5 Å². The van der Waals surface area contributed by atoms with Crippen LogP contribution >= 0.6 is 0 Å². The Labute approximate surface area is 126 Å². The van der Waals surface area contributed by atoms with E-state index in [0.29, 0.717) is 25.4 Å². The van der Waals surface area contributed by atoms with E-state index in [1.54, 1.807) is 4.90 Å². The van der Waals surface area contributed by atoms with Gasteiger partial charge in [-0.25, -0.2) is 0 Å². The van der Waals surface area contributed by atoms with Crippen molar-refractivity contribution >= 4 is 11.8 Å². The molecule has 1 aromatic carbocycles. The largest absolute Gasteiger partial charge is 0.350 e. The van der Waals surface area contributed by atoms with Crippen LogP contribution in [0.3, 0.4) is 0 Å². The fraction of sp³-hybridized carbons (Fsp3) is 0.529. The van der Waals surface area contributed by atoms with E-state index < -0.39 is 0 Å². The van der Waals surface area contributed by atoms with E-state index in [0.717, 1.165) is 18.4 Å². The van der Waals surface area contributed by atoms with Crippen LogP contribution in [-0.2, 0) is 16.1 Å². The number of rotatable bonds is 5. The summed E-state index contributed by atoms with van der Waals surface area (Å²) in [4.78, 5) is 26.3. The van der Waals surface area contributed by atoms with Gasteiger partial charge in [0.05, 0.1) is 0 Å². The van der Waals surface area contributed by atoms with Crippen molar-refractivity contribution in [2.24, 2.45) is 5.92 Å². The van der Waals surface area contributed by atoms with E-state index in [1.807, 2.05) is 44.2 Å². The zero-order valence-electron chi connectivity index (χ0n) is 12.8. The molecule has 1 aliphatic rings. The number of likely N-dealkylation sites (tertiary alicyclic amines) is 1. The summed E-state index contributed by atoms with van der Waals surface area (Å²) in [6.45, 7) is 5.27. The van der Waals surface area contributed by atoms with E-state index in [9.17, 15) is 9.59 Å². The Bertz CT molecular complexity index is 485. The summed E-state index contributed by atoms with van der Waals surface area (Å²) in [6, 6.07) is 9.53. The first-order valence-electron chi connectivity index (χ1n) is 7.69. The van der Waals surface area contributed by atoms with Crippen LogP contribution in [0.1, 0.15) is 38.7 Å². The van der Waals surface area contributed by atoms with E-state index >= 15 is 0 Å². The van der Waals surface area contributed by atoms with Crippen LogP contribution in [0.2, 0.25) is 0 Å². The standard InChI is InChI=1S/C17H24N2O2/c1-13(2)11-16(20)19-10-6-9-15(19)17(21)18-12-14-7-4-3-5-8-14/h3-5,7-8,13,15H,6,9-12H2,1-2H3,(H,18,21)/t15-/m0/s1. The van der Waals surface area contributed by atoms with Gasteiger partial charge >= 0.3 is 0 Å². The van der Waals surface area contributed by atoms with Gasteiger partial charge in [-0.05, 0) is 24.3 Å². The molecule has 0 spiro atoms. The third-order valence-electron chi connectivity index (χ3n) is 3.77. The lowest BCUT2D eigenvalue weighted by Crippen LogP contribution is -2.46. The van der Waals surface area contributed by atoms with Gasteiger partial charge in [0.15, 0.2) is 0 Å². The smallest absolute Gasteiger partial charge is 0.243 e. The maximum atomic E-state index is 12.3. The minimum absolute atomic E-state index is 0.0338. The van der Waals surface area contributed by atoms with Crippen LogP contribution in [0, 0.1) is 5.92 Å². The van der Waals surface area contributed by atoms with Gasteiger partial charge in [-0.3, -0.25) is 9.59 Å². The number of benzene rings is 1. The molecule has 0 radical (unpaired) electrons. The van der Waals surface area contributed by atoms with Crippen molar-refractivity contribution in [3.63, 3.8) is 0 Å². The van der Waals surface area contributed by atoms with Crippen molar-refractivity contribution in [2.45, 2.75) is 45.7 Å². The van der Waals surface area contributed by atoms with E-state index in [2.05, 4.69) is 5.32 Å². The van der Waals surface area contributed by atoms with Crippen molar-refractivity contribution in [3.8, 4) is 0 Å². The molecule has 1 fully saturated rings. The highest BCUT2D eigenvalue weighted by Crippen LogP contribution is 2.20. The molecule has 1 aromatic rings. The second-order valence-corrected chi connectivity index (χ2v) is 6.05. The molecule has 1 aliphatic heterocycles. The van der Waals surface area contributed by atoms with Crippen molar-refractivity contribution in [3.05, 3.63) is 35.9 Å². The van der Waals surface area contributed by atoms with E-state index in [4.69, 9.17) is 0 Å². The predicted molar refractivity (Wildman–Crippen MR) is 82.5 cm³/mol. The number of carbonyl (C=O) groups excluding carboxylic acids is 2. The monoisotopic (exact) mass is 288 g/mol. The Morgan fingerprint density at radius 1 is 1.29 bits per heavy atom. The Hall–Kier alpha value is -1.84. The van der Waals surface area contributed by atoms with Crippen LogP contribution in [-0.4, -0.2) is 29.3 Å². The van der Waals surface area contributed by atoms with Crippen molar-refractivity contribution in [1.29, 1.82) is 0 Å². The fourth-order valence-electron chi connectivity index (χ4n) is 2.71. The highest BCUT2D eigenvalue weighted by Gasteiger charge is 2.33. The predicted octanol–water partition coefficient (Wildman–Crippen LogP) is 2.34. The molecule has 4 nitrogen and oxygen atoms in total. The molecule has 0 unspecified atom stereocenters. The summed E-state index contributed by atoms with van der Waals surface area (Å²) in [6.07, 6.45) is 2.19. The van der Waals surface area contributed by atoms with Gasteiger partial charge in [0.2, 0.25) is 11.8 Å². The van der Waals surface area contributed by atoms with Gasteiger partial charge in [-0.1, -0.05) is 44.2 Å². The zero-order chi connectivity index (χ0) is 15.2. The number of amides is 2. The quantitative estimate of drug-likeness (QED) is 0.904. The van der Waals surface area contributed by atoms with Gasteiger partial charge in [-0.15, -0.1) is 0 Å². The van der Waals surface area contributed by atoms with Crippen LogP contribution in [0.15, 0.2) is 30.3 Å². The second-order valence-electron chi connectivity index (χ2n) is 6.05. The Kier molecular flexibility index (Phi) is 5.37. The van der Waals surface area contributed by atoms with Crippen LogP contribution in [0.4, 0.5) is 0 Å². The first-order valence-corrected chi connectivity index (χ1v) is 7.69. The summed E-state index contributed by atoms with van der Waals surface area (Å²) in [5.74, 6) is 0.391. The molecule has 0 aromatic heterocycles. The molecule has 1 atom stereocenters. The molecule has 1 saturated heterocycles. The molecule has 1 N–H and O–H groups in total. The summed E-state index contributed by atoms with van der Waals surface area (Å²) >= 11 is 0. The van der Waals surface area contributed by atoms with Gasteiger partial charge in [0.1, 0.15) is 6.04 Å². The summed E-state index contributed by atoms with van der Waals surface area (Å²) in [5.41, 5.74) is 1.07.